The van der Waals surface area contributed by atoms with E-state index in [1.54, 1.807) is 4.90 Å². The molecule has 0 heterocycles. The average Bonchev–Trinajstić information content (AvgIpc) is 2.66. The summed E-state index contributed by atoms with van der Waals surface area (Å²) in [4.78, 5) is 16.6. The lowest BCUT2D eigenvalue weighted by atomic mass is 10.1. The molecule has 0 saturated heterocycles. The topological polar surface area (TPSA) is 32.8 Å². The van der Waals surface area contributed by atoms with Gasteiger partial charge >= 0.3 is 0 Å². The number of carbonyl (C=O) groups excluding carboxylic acids is 1. The van der Waals surface area contributed by atoms with E-state index in [0.29, 0.717) is 18.7 Å². The Kier molecular flexibility index (Phi) is 7.67. The van der Waals surface area contributed by atoms with Gasteiger partial charge in [-0.3, -0.25) is 9.69 Å². The Balaban J connectivity index is 1.85. The van der Waals surface area contributed by atoms with Crippen LogP contribution in [0.15, 0.2) is 48.5 Å². The van der Waals surface area contributed by atoms with Crippen LogP contribution in [0.25, 0.3) is 0 Å². The van der Waals surface area contributed by atoms with E-state index in [9.17, 15) is 4.79 Å². The fraction of sp³-hybridized carbons (Fsp3) is 0.409. The number of ether oxygens (including phenoxy) is 1. The molecule has 140 valence electrons. The predicted molar refractivity (Wildman–Crippen MR) is 107 cm³/mol. The Bertz CT molecular complexity index is 694. The summed E-state index contributed by atoms with van der Waals surface area (Å²) in [6.45, 7) is 10.4. The minimum absolute atomic E-state index is 0.0206. The van der Waals surface area contributed by atoms with Crippen LogP contribution < -0.4 is 4.74 Å². The van der Waals surface area contributed by atoms with Crippen LogP contribution in [0.2, 0.25) is 0 Å². The van der Waals surface area contributed by atoms with Gasteiger partial charge in [0.15, 0.2) is 0 Å². The van der Waals surface area contributed by atoms with Crippen molar-refractivity contribution in [3.8, 4) is 5.75 Å². The van der Waals surface area contributed by atoms with Crippen LogP contribution in [0.1, 0.15) is 35.3 Å². The molecule has 2 aromatic carbocycles. The highest BCUT2D eigenvalue weighted by molar-refractivity contribution is 5.94. The fourth-order valence-corrected chi connectivity index (χ4v) is 2.79. The number of benzene rings is 2. The number of rotatable bonds is 9. The van der Waals surface area contributed by atoms with Gasteiger partial charge in [-0.15, -0.1) is 0 Å². The van der Waals surface area contributed by atoms with Crippen molar-refractivity contribution < 1.29 is 9.53 Å². The number of carbonyl (C=O) groups is 1. The zero-order valence-electron chi connectivity index (χ0n) is 16.4. The minimum atomic E-state index is 0.0206. The summed E-state index contributed by atoms with van der Waals surface area (Å²) in [6.07, 6.45) is 0. The molecular weight excluding hydrogens is 324 g/mol. The first kappa shape index (κ1) is 20.0. The molecule has 0 aliphatic carbocycles. The molecule has 4 heteroatoms. The number of hydrogen-bond donors (Lipinski definition) is 0. The molecule has 2 rings (SSSR count). The first-order chi connectivity index (χ1) is 12.5. The summed E-state index contributed by atoms with van der Waals surface area (Å²) in [6, 6.07) is 15.9. The maximum absolute atomic E-state index is 12.5. The van der Waals surface area contributed by atoms with Crippen molar-refractivity contribution in [1.82, 2.24) is 9.80 Å². The van der Waals surface area contributed by atoms with Crippen LogP contribution in [0, 0.1) is 6.92 Å². The molecular formula is C22H30N2O2. The summed E-state index contributed by atoms with van der Waals surface area (Å²) >= 11 is 0. The third-order valence-corrected chi connectivity index (χ3v) is 4.53. The molecule has 2 aromatic rings. The van der Waals surface area contributed by atoms with Crippen molar-refractivity contribution in [2.75, 3.05) is 33.3 Å². The molecule has 0 spiro atoms. The lowest BCUT2D eigenvalue weighted by Crippen LogP contribution is -2.30. The second-order valence-corrected chi connectivity index (χ2v) is 6.55. The maximum atomic E-state index is 12.5. The van der Waals surface area contributed by atoms with E-state index in [0.717, 1.165) is 30.9 Å². The van der Waals surface area contributed by atoms with E-state index in [1.807, 2.05) is 62.5 Å². The van der Waals surface area contributed by atoms with Crippen LogP contribution in [0.5, 0.6) is 5.75 Å². The highest BCUT2D eigenvalue weighted by atomic mass is 16.5. The van der Waals surface area contributed by atoms with E-state index in [-0.39, 0.29) is 5.91 Å². The van der Waals surface area contributed by atoms with Crippen molar-refractivity contribution in [3.63, 3.8) is 0 Å². The average molecular weight is 354 g/mol. The summed E-state index contributed by atoms with van der Waals surface area (Å²) in [5, 5.41) is 0. The third-order valence-electron chi connectivity index (χ3n) is 4.53. The largest absolute Gasteiger partial charge is 0.492 e. The maximum Gasteiger partial charge on any atom is 0.253 e. The van der Waals surface area contributed by atoms with E-state index in [2.05, 4.69) is 18.7 Å². The Labute approximate surface area is 157 Å². The zero-order valence-corrected chi connectivity index (χ0v) is 16.4. The second-order valence-electron chi connectivity index (χ2n) is 6.55. The molecule has 0 N–H and O–H groups in total. The number of amides is 1. The Morgan fingerprint density at radius 1 is 1.04 bits per heavy atom. The SMILES string of the molecule is CCN(CC)Cc1ccc(C(=O)N(C)CCOc2cccc(C)c2)cc1. The summed E-state index contributed by atoms with van der Waals surface area (Å²) < 4.78 is 5.73. The van der Waals surface area contributed by atoms with Gasteiger partial charge in [0.2, 0.25) is 0 Å². The van der Waals surface area contributed by atoms with Crippen LogP contribution >= 0.6 is 0 Å². The standard InChI is InChI=1S/C22H30N2O2/c1-5-24(6-2)17-19-10-12-20(13-11-19)22(25)23(4)14-15-26-21-9-7-8-18(3)16-21/h7-13,16H,5-6,14-15,17H2,1-4H3. The molecule has 0 unspecified atom stereocenters. The molecule has 0 aromatic heterocycles. The number of hydrogen-bond acceptors (Lipinski definition) is 3. The van der Waals surface area contributed by atoms with Crippen molar-refractivity contribution >= 4 is 5.91 Å². The van der Waals surface area contributed by atoms with E-state index < -0.39 is 0 Å². The number of aryl methyl sites for hydroxylation is 1. The lowest BCUT2D eigenvalue weighted by molar-refractivity contribution is 0.0773. The molecule has 0 fully saturated rings. The summed E-state index contributed by atoms with van der Waals surface area (Å²) in [7, 11) is 1.81. The van der Waals surface area contributed by atoms with Crippen molar-refractivity contribution in [2.24, 2.45) is 0 Å². The van der Waals surface area contributed by atoms with Gasteiger partial charge in [-0.2, -0.15) is 0 Å². The second kappa shape index (κ2) is 9.97. The number of nitrogens with zero attached hydrogens (tertiary/aromatic N) is 2. The highest BCUT2D eigenvalue weighted by Crippen LogP contribution is 2.13. The molecule has 0 atom stereocenters. The minimum Gasteiger partial charge on any atom is -0.492 e. The first-order valence-electron chi connectivity index (χ1n) is 9.29. The molecule has 0 aliphatic heterocycles. The van der Waals surface area contributed by atoms with Crippen LogP contribution in [-0.2, 0) is 6.54 Å². The van der Waals surface area contributed by atoms with Gasteiger partial charge in [0.25, 0.3) is 5.91 Å². The quantitative estimate of drug-likeness (QED) is 0.683. The van der Waals surface area contributed by atoms with Crippen molar-refractivity contribution in [2.45, 2.75) is 27.3 Å². The predicted octanol–water partition coefficient (Wildman–Crippen LogP) is 3.99. The molecule has 0 bridgehead atoms. The summed E-state index contributed by atoms with van der Waals surface area (Å²) in [5.41, 5.74) is 3.11. The van der Waals surface area contributed by atoms with Crippen LogP contribution in [-0.4, -0.2) is 49.0 Å². The van der Waals surface area contributed by atoms with Gasteiger partial charge in [-0.25, -0.2) is 0 Å². The fourth-order valence-electron chi connectivity index (χ4n) is 2.79. The van der Waals surface area contributed by atoms with Gasteiger partial charge in [0.05, 0.1) is 6.54 Å². The number of likely N-dealkylation sites (N-methyl/N-ethyl adjacent to an activating group) is 1. The van der Waals surface area contributed by atoms with Crippen LogP contribution in [0.4, 0.5) is 0 Å². The Hall–Kier alpha value is -2.33. The Morgan fingerprint density at radius 2 is 1.73 bits per heavy atom. The Morgan fingerprint density at radius 3 is 2.35 bits per heavy atom. The molecule has 0 radical (unpaired) electrons. The first-order valence-corrected chi connectivity index (χ1v) is 9.29. The third kappa shape index (κ3) is 5.88. The van der Waals surface area contributed by atoms with Gasteiger partial charge in [0.1, 0.15) is 12.4 Å². The van der Waals surface area contributed by atoms with E-state index in [4.69, 9.17) is 4.74 Å². The van der Waals surface area contributed by atoms with Gasteiger partial charge in [0, 0.05) is 19.2 Å². The smallest absolute Gasteiger partial charge is 0.253 e. The van der Waals surface area contributed by atoms with Gasteiger partial charge in [-0.05, 0) is 55.4 Å². The van der Waals surface area contributed by atoms with Crippen molar-refractivity contribution in [1.29, 1.82) is 0 Å². The highest BCUT2D eigenvalue weighted by Gasteiger charge is 2.12. The van der Waals surface area contributed by atoms with Gasteiger partial charge in [-0.1, -0.05) is 38.1 Å². The van der Waals surface area contributed by atoms with E-state index in [1.165, 1.54) is 5.56 Å². The normalized spacial score (nSPS) is 10.8. The lowest BCUT2D eigenvalue weighted by Gasteiger charge is -2.19. The monoisotopic (exact) mass is 354 g/mol. The molecule has 1 amide bonds. The van der Waals surface area contributed by atoms with Gasteiger partial charge < -0.3 is 9.64 Å². The molecule has 4 nitrogen and oxygen atoms in total. The zero-order chi connectivity index (χ0) is 18.9. The molecule has 0 saturated carbocycles. The summed E-state index contributed by atoms with van der Waals surface area (Å²) in [5.74, 6) is 0.860. The van der Waals surface area contributed by atoms with Crippen LogP contribution in [0.3, 0.4) is 0 Å². The van der Waals surface area contributed by atoms with Crippen molar-refractivity contribution in [3.05, 3.63) is 65.2 Å². The van der Waals surface area contributed by atoms with E-state index >= 15 is 0 Å². The molecule has 26 heavy (non-hydrogen) atoms. The molecule has 0 aliphatic rings.